The Morgan fingerprint density at radius 2 is 2.00 bits per heavy atom. The number of amides is 1. The third-order valence-electron chi connectivity index (χ3n) is 4.85. The molecule has 0 aromatic carbocycles. The van der Waals surface area contributed by atoms with Gasteiger partial charge in [0.25, 0.3) is 11.6 Å². The molecule has 3 saturated heterocycles. The molecule has 2 bridgehead atoms. The summed E-state index contributed by atoms with van der Waals surface area (Å²) in [6, 6.07) is 1.31. The van der Waals surface area contributed by atoms with Gasteiger partial charge < -0.3 is 14.6 Å². The van der Waals surface area contributed by atoms with Crippen LogP contribution in [0.15, 0.2) is 12.3 Å². The number of carbonyl (C=O) groups excluding carboxylic acids is 1. The lowest BCUT2D eigenvalue weighted by atomic mass is 9.82. The van der Waals surface area contributed by atoms with Crippen molar-refractivity contribution in [3.63, 3.8) is 0 Å². The Bertz CT molecular complexity index is 566. The number of aromatic amines is 1. The van der Waals surface area contributed by atoms with Crippen molar-refractivity contribution in [1.29, 1.82) is 0 Å². The van der Waals surface area contributed by atoms with Crippen molar-refractivity contribution in [2.24, 2.45) is 11.8 Å². The number of nitrogens with one attached hydrogen (secondary N) is 1. The summed E-state index contributed by atoms with van der Waals surface area (Å²) in [6.45, 7) is 1.41. The van der Waals surface area contributed by atoms with Crippen molar-refractivity contribution in [2.75, 3.05) is 13.1 Å². The highest BCUT2D eigenvalue weighted by atomic mass is 16.6. The van der Waals surface area contributed by atoms with Gasteiger partial charge in [0.1, 0.15) is 5.69 Å². The largest absolute Gasteiger partial charge is 0.374 e. The minimum absolute atomic E-state index is 0.0730. The van der Waals surface area contributed by atoms with Gasteiger partial charge >= 0.3 is 0 Å². The van der Waals surface area contributed by atoms with E-state index < -0.39 is 4.92 Å². The van der Waals surface area contributed by atoms with Crippen molar-refractivity contribution < 1.29 is 14.5 Å². The van der Waals surface area contributed by atoms with E-state index in [1.165, 1.54) is 12.3 Å². The average molecular weight is 277 g/mol. The first-order valence-corrected chi connectivity index (χ1v) is 6.91. The van der Waals surface area contributed by atoms with Gasteiger partial charge in [0.2, 0.25) is 0 Å². The molecule has 0 aliphatic carbocycles. The standard InChI is InChI=1S/C13H15N3O4/c17-13(10-3-7(4-14-10)16(18)19)15-5-8-9(6-15)12-2-1-11(8)20-12/h3-4,8-9,11-12,14H,1-2,5-6H2. The normalized spacial score (nSPS) is 34.5. The van der Waals surface area contributed by atoms with Crippen LogP contribution in [-0.2, 0) is 4.74 Å². The number of nitrogens with zero attached hydrogens (tertiary/aromatic N) is 2. The molecule has 0 saturated carbocycles. The highest BCUT2D eigenvalue weighted by Gasteiger charge is 2.53. The summed E-state index contributed by atoms with van der Waals surface area (Å²) >= 11 is 0. The predicted molar refractivity (Wildman–Crippen MR) is 68.2 cm³/mol. The summed E-state index contributed by atoms with van der Waals surface area (Å²) in [7, 11) is 0. The zero-order chi connectivity index (χ0) is 13.9. The van der Waals surface area contributed by atoms with Gasteiger partial charge in [0.05, 0.1) is 23.3 Å². The first-order valence-electron chi connectivity index (χ1n) is 6.91. The Balaban J connectivity index is 1.51. The number of carbonyl (C=O) groups is 1. The van der Waals surface area contributed by atoms with Gasteiger partial charge in [-0.3, -0.25) is 14.9 Å². The zero-order valence-corrected chi connectivity index (χ0v) is 10.8. The molecule has 4 unspecified atom stereocenters. The Labute approximate surface area is 115 Å². The van der Waals surface area contributed by atoms with Gasteiger partial charge in [-0.2, -0.15) is 0 Å². The van der Waals surface area contributed by atoms with E-state index in [-0.39, 0.29) is 11.6 Å². The van der Waals surface area contributed by atoms with Crippen LogP contribution in [-0.4, -0.2) is 46.0 Å². The fraction of sp³-hybridized carbons (Fsp3) is 0.615. The molecule has 20 heavy (non-hydrogen) atoms. The number of likely N-dealkylation sites (tertiary alicyclic amines) is 1. The quantitative estimate of drug-likeness (QED) is 0.649. The van der Waals surface area contributed by atoms with Gasteiger partial charge in [0, 0.05) is 31.0 Å². The van der Waals surface area contributed by atoms with Crippen LogP contribution >= 0.6 is 0 Å². The molecule has 3 aliphatic rings. The van der Waals surface area contributed by atoms with Gasteiger partial charge in [-0.1, -0.05) is 0 Å². The van der Waals surface area contributed by atoms with Crippen LogP contribution in [0.25, 0.3) is 0 Å². The maximum Gasteiger partial charge on any atom is 0.287 e. The van der Waals surface area contributed by atoms with Crippen LogP contribution in [0.2, 0.25) is 0 Å². The first-order chi connectivity index (χ1) is 9.63. The van der Waals surface area contributed by atoms with E-state index in [1.807, 2.05) is 0 Å². The zero-order valence-electron chi connectivity index (χ0n) is 10.8. The number of rotatable bonds is 2. The number of aromatic nitrogens is 1. The SMILES string of the molecule is O=C(c1cc([N+](=O)[O-])c[nH]1)N1CC2C3CCC(O3)C2C1. The fourth-order valence-corrected chi connectivity index (χ4v) is 3.91. The van der Waals surface area contributed by atoms with E-state index >= 15 is 0 Å². The lowest BCUT2D eigenvalue weighted by Crippen LogP contribution is -2.31. The molecule has 4 atom stereocenters. The molecule has 0 radical (unpaired) electrons. The lowest BCUT2D eigenvalue weighted by Gasteiger charge is -2.17. The lowest BCUT2D eigenvalue weighted by molar-refractivity contribution is -0.384. The molecule has 4 heterocycles. The summed E-state index contributed by atoms with van der Waals surface area (Å²) in [5, 5.41) is 10.7. The minimum atomic E-state index is -0.500. The maximum absolute atomic E-state index is 12.4. The van der Waals surface area contributed by atoms with Crippen molar-refractivity contribution in [1.82, 2.24) is 9.88 Å². The van der Waals surface area contributed by atoms with E-state index in [9.17, 15) is 14.9 Å². The van der Waals surface area contributed by atoms with Crippen LogP contribution < -0.4 is 0 Å². The molecule has 1 aromatic rings. The predicted octanol–water partition coefficient (Wildman–Crippen LogP) is 1.17. The average Bonchev–Trinajstić information content (AvgIpc) is 3.17. The molecule has 1 N–H and O–H groups in total. The third-order valence-corrected chi connectivity index (χ3v) is 4.85. The minimum Gasteiger partial charge on any atom is -0.374 e. The van der Waals surface area contributed by atoms with E-state index in [4.69, 9.17) is 4.74 Å². The topological polar surface area (TPSA) is 88.5 Å². The molecule has 3 fully saturated rings. The third kappa shape index (κ3) is 1.59. The second-order valence-electron chi connectivity index (χ2n) is 5.86. The Hall–Kier alpha value is -1.89. The first kappa shape index (κ1) is 11.9. The molecule has 106 valence electrons. The number of fused-ring (bicyclic) bond motifs is 5. The van der Waals surface area contributed by atoms with Crippen molar-refractivity contribution >= 4 is 11.6 Å². The molecule has 7 heteroatoms. The molecule has 3 aliphatic heterocycles. The highest BCUT2D eigenvalue weighted by molar-refractivity contribution is 5.93. The summed E-state index contributed by atoms with van der Waals surface area (Å²) in [5.74, 6) is 0.747. The van der Waals surface area contributed by atoms with Crippen molar-refractivity contribution in [2.45, 2.75) is 25.0 Å². The van der Waals surface area contributed by atoms with Crippen LogP contribution in [0.1, 0.15) is 23.3 Å². The Morgan fingerprint density at radius 1 is 1.35 bits per heavy atom. The van der Waals surface area contributed by atoms with Gasteiger partial charge in [-0.15, -0.1) is 0 Å². The summed E-state index contributed by atoms with van der Waals surface area (Å²) in [6.07, 6.45) is 4.07. The molecule has 4 rings (SSSR count). The summed E-state index contributed by atoms with van der Waals surface area (Å²) in [4.78, 5) is 27.0. The fourth-order valence-electron chi connectivity index (χ4n) is 3.91. The molecule has 7 nitrogen and oxygen atoms in total. The van der Waals surface area contributed by atoms with Crippen LogP contribution in [0.4, 0.5) is 5.69 Å². The maximum atomic E-state index is 12.4. The van der Waals surface area contributed by atoms with E-state index in [1.54, 1.807) is 4.90 Å². The number of ether oxygens (including phenoxy) is 1. The second-order valence-corrected chi connectivity index (χ2v) is 5.86. The number of hydrogen-bond acceptors (Lipinski definition) is 4. The Morgan fingerprint density at radius 3 is 2.55 bits per heavy atom. The molecule has 1 amide bonds. The van der Waals surface area contributed by atoms with Gasteiger partial charge in [-0.05, 0) is 12.8 Å². The monoisotopic (exact) mass is 277 g/mol. The number of H-pyrrole nitrogens is 1. The van der Waals surface area contributed by atoms with Crippen LogP contribution in [0.5, 0.6) is 0 Å². The number of hydrogen-bond donors (Lipinski definition) is 1. The molecule has 1 aromatic heterocycles. The molecule has 0 spiro atoms. The van der Waals surface area contributed by atoms with Crippen LogP contribution in [0, 0.1) is 22.0 Å². The smallest absolute Gasteiger partial charge is 0.287 e. The molecular weight excluding hydrogens is 262 g/mol. The Kier molecular flexibility index (Phi) is 2.41. The van der Waals surface area contributed by atoms with Gasteiger partial charge in [0.15, 0.2) is 0 Å². The molecular formula is C13H15N3O4. The summed E-state index contributed by atoms with van der Waals surface area (Å²) < 4.78 is 5.87. The summed E-state index contributed by atoms with van der Waals surface area (Å²) in [5.41, 5.74) is 0.223. The van der Waals surface area contributed by atoms with Crippen molar-refractivity contribution in [3.05, 3.63) is 28.1 Å². The highest BCUT2D eigenvalue weighted by Crippen LogP contribution is 2.47. The van der Waals surface area contributed by atoms with Gasteiger partial charge in [-0.25, -0.2) is 0 Å². The van der Waals surface area contributed by atoms with E-state index in [0.29, 0.717) is 42.8 Å². The van der Waals surface area contributed by atoms with Crippen LogP contribution in [0.3, 0.4) is 0 Å². The van der Waals surface area contributed by atoms with Crippen molar-refractivity contribution in [3.8, 4) is 0 Å². The van der Waals surface area contributed by atoms with E-state index in [2.05, 4.69) is 4.98 Å². The van der Waals surface area contributed by atoms with E-state index in [0.717, 1.165) is 12.8 Å². The second kappa shape index (κ2) is 4.05. The number of nitro groups is 1.